The van der Waals surface area contributed by atoms with Crippen LogP contribution in [0.25, 0.3) is 0 Å². The second-order valence-corrected chi connectivity index (χ2v) is 3.62. The third-order valence-electron chi connectivity index (χ3n) is 2.97. The van der Waals surface area contributed by atoms with Gasteiger partial charge in [-0.1, -0.05) is 32.6 Å². The SMILES string of the molecule is CCC1CCCCC1CNN. The summed E-state index contributed by atoms with van der Waals surface area (Å²) in [6.45, 7) is 3.30. The van der Waals surface area contributed by atoms with E-state index in [0.29, 0.717) is 0 Å². The van der Waals surface area contributed by atoms with Crippen LogP contribution in [-0.2, 0) is 0 Å². The quantitative estimate of drug-likeness (QED) is 0.482. The zero-order chi connectivity index (χ0) is 8.10. The molecule has 0 aromatic rings. The van der Waals surface area contributed by atoms with Gasteiger partial charge in [0.1, 0.15) is 0 Å². The van der Waals surface area contributed by atoms with Crippen LogP contribution in [0.15, 0.2) is 0 Å². The Balaban J connectivity index is 2.31. The average molecular weight is 156 g/mol. The van der Waals surface area contributed by atoms with Gasteiger partial charge in [0.25, 0.3) is 0 Å². The fraction of sp³-hybridized carbons (Fsp3) is 1.00. The van der Waals surface area contributed by atoms with Crippen molar-refractivity contribution in [1.82, 2.24) is 5.43 Å². The minimum Gasteiger partial charge on any atom is -0.271 e. The maximum atomic E-state index is 5.33. The van der Waals surface area contributed by atoms with Crippen LogP contribution in [0, 0.1) is 11.8 Å². The van der Waals surface area contributed by atoms with E-state index in [9.17, 15) is 0 Å². The zero-order valence-corrected chi connectivity index (χ0v) is 7.47. The van der Waals surface area contributed by atoms with E-state index in [-0.39, 0.29) is 0 Å². The van der Waals surface area contributed by atoms with Crippen molar-refractivity contribution in [2.45, 2.75) is 39.0 Å². The molecule has 0 aliphatic heterocycles. The van der Waals surface area contributed by atoms with E-state index >= 15 is 0 Å². The van der Waals surface area contributed by atoms with Crippen molar-refractivity contribution < 1.29 is 0 Å². The van der Waals surface area contributed by atoms with E-state index in [4.69, 9.17) is 5.84 Å². The zero-order valence-electron chi connectivity index (χ0n) is 7.47. The van der Waals surface area contributed by atoms with Gasteiger partial charge in [0.05, 0.1) is 0 Å². The predicted octanol–water partition coefficient (Wildman–Crippen LogP) is 1.67. The first-order valence-corrected chi connectivity index (χ1v) is 4.82. The highest BCUT2D eigenvalue weighted by molar-refractivity contribution is 4.75. The molecule has 0 amide bonds. The Kier molecular flexibility index (Phi) is 3.87. The highest BCUT2D eigenvalue weighted by Crippen LogP contribution is 2.31. The summed E-state index contributed by atoms with van der Waals surface area (Å²) >= 11 is 0. The number of hydrazine groups is 1. The monoisotopic (exact) mass is 156 g/mol. The molecule has 2 atom stereocenters. The highest BCUT2D eigenvalue weighted by atomic mass is 15.2. The number of nitrogens with one attached hydrogen (secondary N) is 1. The molecular weight excluding hydrogens is 136 g/mol. The summed E-state index contributed by atoms with van der Waals surface area (Å²) in [6.07, 6.45) is 6.96. The number of rotatable bonds is 3. The predicted molar refractivity (Wildman–Crippen MR) is 47.9 cm³/mol. The summed E-state index contributed by atoms with van der Waals surface area (Å²) in [5.74, 6) is 7.10. The molecule has 2 heteroatoms. The van der Waals surface area contributed by atoms with Gasteiger partial charge in [-0.25, -0.2) is 0 Å². The van der Waals surface area contributed by atoms with E-state index in [0.717, 1.165) is 18.4 Å². The second-order valence-electron chi connectivity index (χ2n) is 3.62. The number of nitrogens with two attached hydrogens (primary N) is 1. The van der Waals surface area contributed by atoms with Crippen molar-refractivity contribution in [2.24, 2.45) is 17.7 Å². The Morgan fingerprint density at radius 1 is 1.27 bits per heavy atom. The van der Waals surface area contributed by atoms with Gasteiger partial charge < -0.3 is 0 Å². The summed E-state index contributed by atoms with van der Waals surface area (Å²) in [5.41, 5.74) is 2.80. The van der Waals surface area contributed by atoms with Gasteiger partial charge in [-0.05, 0) is 18.3 Å². The maximum absolute atomic E-state index is 5.33. The molecule has 0 spiro atoms. The number of hydrogen-bond acceptors (Lipinski definition) is 2. The molecule has 1 fully saturated rings. The molecule has 0 aromatic carbocycles. The van der Waals surface area contributed by atoms with Crippen molar-refractivity contribution in [3.8, 4) is 0 Å². The smallest absolute Gasteiger partial charge is 0.0128 e. The second kappa shape index (κ2) is 4.73. The van der Waals surface area contributed by atoms with E-state index < -0.39 is 0 Å². The standard InChI is InChI=1S/C9H20N2/c1-2-8-5-3-4-6-9(8)7-11-10/h8-9,11H,2-7,10H2,1H3. The molecule has 1 aliphatic rings. The maximum Gasteiger partial charge on any atom is 0.0128 e. The average Bonchev–Trinajstić information content (AvgIpc) is 2.06. The molecule has 0 saturated heterocycles. The summed E-state index contributed by atoms with van der Waals surface area (Å²) in [5, 5.41) is 0. The lowest BCUT2D eigenvalue weighted by atomic mass is 9.78. The van der Waals surface area contributed by atoms with E-state index in [1.54, 1.807) is 0 Å². The molecule has 66 valence electrons. The molecule has 1 saturated carbocycles. The van der Waals surface area contributed by atoms with E-state index in [2.05, 4.69) is 12.3 Å². The third-order valence-corrected chi connectivity index (χ3v) is 2.97. The normalized spacial score (nSPS) is 32.2. The van der Waals surface area contributed by atoms with Gasteiger partial charge in [-0.15, -0.1) is 0 Å². The van der Waals surface area contributed by atoms with Gasteiger partial charge in [-0.2, -0.15) is 0 Å². The fourth-order valence-electron chi connectivity index (χ4n) is 2.24. The van der Waals surface area contributed by atoms with Gasteiger partial charge in [0.15, 0.2) is 0 Å². The molecule has 0 heterocycles. The van der Waals surface area contributed by atoms with Crippen LogP contribution in [0.4, 0.5) is 0 Å². The van der Waals surface area contributed by atoms with Crippen molar-refractivity contribution >= 4 is 0 Å². The van der Waals surface area contributed by atoms with Crippen LogP contribution in [-0.4, -0.2) is 6.54 Å². The topological polar surface area (TPSA) is 38.0 Å². The van der Waals surface area contributed by atoms with Gasteiger partial charge in [-0.3, -0.25) is 11.3 Å². The molecule has 3 N–H and O–H groups in total. The van der Waals surface area contributed by atoms with Crippen LogP contribution in [0.2, 0.25) is 0 Å². The molecule has 0 bridgehead atoms. The van der Waals surface area contributed by atoms with E-state index in [1.165, 1.54) is 32.1 Å². The first-order chi connectivity index (χ1) is 5.38. The summed E-state index contributed by atoms with van der Waals surface area (Å²) < 4.78 is 0. The van der Waals surface area contributed by atoms with Gasteiger partial charge in [0, 0.05) is 6.54 Å². The van der Waals surface area contributed by atoms with Crippen molar-refractivity contribution in [3.63, 3.8) is 0 Å². The van der Waals surface area contributed by atoms with Crippen LogP contribution in [0.3, 0.4) is 0 Å². The molecule has 1 aliphatic carbocycles. The molecule has 2 unspecified atom stereocenters. The molecule has 11 heavy (non-hydrogen) atoms. The Hall–Kier alpha value is -0.0800. The van der Waals surface area contributed by atoms with Crippen molar-refractivity contribution in [3.05, 3.63) is 0 Å². The lowest BCUT2D eigenvalue weighted by Gasteiger charge is -2.30. The minimum absolute atomic E-state index is 0.846. The lowest BCUT2D eigenvalue weighted by molar-refractivity contribution is 0.224. The first kappa shape index (κ1) is 9.01. The Bertz CT molecular complexity index is 102. The summed E-state index contributed by atoms with van der Waals surface area (Å²) in [7, 11) is 0. The Morgan fingerprint density at radius 2 is 1.91 bits per heavy atom. The molecule has 0 radical (unpaired) electrons. The molecule has 1 rings (SSSR count). The molecule has 0 aromatic heterocycles. The molecule has 2 nitrogen and oxygen atoms in total. The fourth-order valence-corrected chi connectivity index (χ4v) is 2.24. The Labute approximate surface area is 69.5 Å². The van der Waals surface area contributed by atoms with Crippen molar-refractivity contribution in [1.29, 1.82) is 0 Å². The highest BCUT2D eigenvalue weighted by Gasteiger charge is 2.22. The Morgan fingerprint density at radius 3 is 2.45 bits per heavy atom. The summed E-state index contributed by atoms with van der Waals surface area (Å²) in [6, 6.07) is 0. The largest absolute Gasteiger partial charge is 0.271 e. The van der Waals surface area contributed by atoms with Crippen LogP contribution in [0.5, 0.6) is 0 Å². The van der Waals surface area contributed by atoms with Crippen molar-refractivity contribution in [2.75, 3.05) is 6.54 Å². The van der Waals surface area contributed by atoms with E-state index in [1.807, 2.05) is 0 Å². The first-order valence-electron chi connectivity index (χ1n) is 4.82. The summed E-state index contributed by atoms with van der Waals surface area (Å²) in [4.78, 5) is 0. The van der Waals surface area contributed by atoms with Gasteiger partial charge in [0.2, 0.25) is 0 Å². The third kappa shape index (κ3) is 2.46. The minimum atomic E-state index is 0.846. The van der Waals surface area contributed by atoms with Gasteiger partial charge >= 0.3 is 0 Å². The van der Waals surface area contributed by atoms with Crippen LogP contribution >= 0.6 is 0 Å². The number of hydrogen-bond donors (Lipinski definition) is 2. The van der Waals surface area contributed by atoms with Crippen LogP contribution in [0.1, 0.15) is 39.0 Å². The van der Waals surface area contributed by atoms with Crippen LogP contribution < -0.4 is 11.3 Å². The molecular formula is C9H20N2. The lowest BCUT2D eigenvalue weighted by Crippen LogP contribution is -2.34.